The maximum Gasteiger partial charge on any atom is 0.303 e. The number of primary amides is 1. The number of nitrogens with two attached hydrogens (primary N) is 1. The number of hydrogen-bond acceptors (Lipinski definition) is 3. The smallest absolute Gasteiger partial charge is 0.303 e. The van der Waals surface area contributed by atoms with Crippen molar-refractivity contribution >= 4 is 17.8 Å². The van der Waals surface area contributed by atoms with Crippen LogP contribution >= 0.6 is 0 Å². The molecule has 0 aliphatic heterocycles. The second-order valence-corrected chi connectivity index (χ2v) is 8.86. The quantitative estimate of drug-likeness (QED) is 0.173. The van der Waals surface area contributed by atoms with E-state index in [1.54, 1.807) is 0 Å². The summed E-state index contributed by atoms with van der Waals surface area (Å²) in [6.45, 7) is 2.11. The zero-order valence-corrected chi connectivity index (χ0v) is 20.0. The van der Waals surface area contributed by atoms with Gasteiger partial charge >= 0.3 is 5.97 Å². The van der Waals surface area contributed by atoms with Crippen LogP contribution < -0.4 is 11.1 Å². The lowest BCUT2D eigenvalue weighted by Gasteiger charge is -2.15. The van der Waals surface area contributed by atoms with Crippen molar-refractivity contribution in [3.05, 3.63) is 0 Å². The summed E-state index contributed by atoms with van der Waals surface area (Å²) in [7, 11) is 0. The highest BCUT2D eigenvalue weighted by Gasteiger charge is 2.16. The van der Waals surface area contributed by atoms with Crippen LogP contribution in [0.4, 0.5) is 0 Å². The van der Waals surface area contributed by atoms with Crippen LogP contribution in [0.2, 0.25) is 0 Å². The van der Waals surface area contributed by atoms with Crippen LogP contribution in [-0.4, -0.2) is 28.9 Å². The molecule has 0 aliphatic rings. The average molecular weight is 441 g/mol. The number of carbonyl (C=O) groups excluding carboxylic acids is 2. The largest absolute Gasteiger partial charge is 0.481 e. The Labute approximate surface area is 190 Å². The summed E-state index contributed by atoms with van der Waals surface area (Å²) in [5.41, 5.74) is 5.39. The lowest BCUT2D eigenvalue weighted by molar-refractivity contribution is -0.137. The standard InChI is InChI=1S/C25H48N2O4/c1-2-3-16-19-22(25(26)31)27-23(28)20-17-14-12-10-8-6-4-5-7-9-11-13-15-18-21-24(29)30/h22H,2-21H2,1H3,(H2,26,31)(H,27,28)(H,29,30)/t22-/m0/s1. The van der Waals surface area contributed by atoms with E-state index in [-0.39, 0.29) is 5.91 Å². The van der Waals surface area contributed by atoms with Gasteiger partial charge in [-0.2, -0.15) is 0 Å². The molecule has 1 atom stereocenters. The van der Waals surface area contributed by atoms with E-state index in [0.29, 0.717) is 19.3 Å². The molecule has 0 unspecified atom stereocenters. The molecule has 0 fully saturated rings. The molecule has 4 N–H and O–H groups in total. The summed E-state index contributed by atoms with van der Waals surface area (Å²) < 4.78 is 0. The molecule has 0 radical (unpaired) electrons. The third kappa shape index (κ3) is 21.4. The molecule has 0 rings (SSSR count). The number of carbonyl (C=O) groups is 3. The maximum atomic E-state index is 12.0. The van der Waals surface area contributed by atoms with E-state index in [0.717, 1.165) is 51.4 Å². The zero-order valence-electron chi connectivity index (χ0n) is 20.0. The predicted octanol–water partition coefficient (Wildman–Crippen LogP) is 5.86. The summed E-state index contributed by atoms with van der Waals surface area (Å²) in [6, 6.07) is -0.518. The van der Waals surface area contributed by atoms with Gasteiger partial charge in [0.2, 0.25) is 11.8 Å². The van der Waals surface area contributed by atoms with Crippen molar-refractivity contribution in [3.8, 4) is 0 Å². The van der Waals surface area contributed by atoms with Gasteiger partial charge < -0.3 is 16.2 Å². The second kappa shape index (κ2) is 21.6. The van der Waals surface area contributed by atoms with Crippen LogP contribution in [0.15, 0.2) is 0 Å². The van der Waals surface area contributed by atoms with Crippen LogP contribution in [-0.2, 0) is 14.4 Å². The minimum absolute atomic E-state index is 0.0535. The highest BCUT2D eigenvalue weighted by Crippen LogP contribution is 2.14. The normalized spacial score (nSPS) is 11.9. The van der Waals surface area contributed by atoms with E-state index in [4.69, 9.17) is 10.8 Å². The van der Waals surface area contributed by atoms with Gasteiger partial charge in [0.05, 0.1) is 0 Å². The molecule has 0 spiro atoms. The summed E-state index contributed by atoms with van der Waals surface area (Å²) in [4.78, 5) is 33.9. The van der Waals surface area contributed by atoms with E-state index < -0.39 is 17.9 Å². The number of carboxylic acids is 1. The van der Waals surface area contributed by atoms with Crippen molar-refractivity contribution in [2.24, 2.45) is 5.73 Å². The molecule has 0 aliphatic carbocycles. The maximum absolute atomic E-state index is 12.0. The third-order valence-corrected chi connectivity index (χ3v) is 5.82. The Balaban J connectivity index is 3.40. The summed E-state index contributed by atoms with van der Waals surface area (Å²) in [5, 5.41) is 11.4. The van der Waals surface area contributed by atoms with E-state index >= 15 is 0 Å². The fourth-order valence-corrected chi connectivity index (χ4v) is 3.83. The van der Waals surface area contributed by atoms with Gasteiger partial charge in [0.1, 0.15) is 6.04 Å². The monoisotopic (exact) mass is 440 g/mol. The number of rotatable bonds is 23. The summed E-state index contributed by atoms with van der Waals surface area (Å²) in [6.07, 6.45) is 20.8. The number of amides is 2. The molecule has 0 aromatic carbocycles. The van der Waals surface area contributed by atoms with Crippen LogP contribution in [0.5, 0.6) is 0 Å². The van der Waals surface area contributed by atoms with E-state index in [9.17, 15) is 14.4 Å². The fraction of sp³-hybridized carbons (Fsp3) is 0.880. The van der Waals surface area contributed by atoms with Gasteiger partial charge in [0, 0.05) is 12.8 Å². The molecular weight excluding hydrogens is 392 g/mol. The molecule has 0 aromatic rings. The first-order chi connectivity index (χ1) is 15.0. The minimum Gasteiger partial charge on any atom is -0.481 e. The number of aliphatic carboxylic acids is 1. The Morgan fingerprint density at radius 1 is 0.677 bits per heavy atom. The molecule has 0 aromatic heterocycles. The Hall–Kier alpha value is -1.59. The van der Waals surface area contributed by atoms with Gasteiger partial charge in [-0.05, 0) is 19.3 Å². The first-order valence-electron chi connectivity index (χ1n) is 12.8. The molecule has 31 heavy (non-hydrogen) atoms. The highest BCUT2D eigenvalue weighted by atomic mass is 16.4. The number of nitrogens with one attached hydrogen (secondary N) is 1. The SMILES string of the molecule is CCCCC[C@H](NC(=O)CCCCCCCCCCCCCCCCC(=O)O)C(N)=O. The van der Waals surface area contributed by atoms with Crippen molar-refractivity contribution in [2.75, 3.05) is 0 Å². The lowest BCUT2D eigenvalue weighted by atomic mass is 10.0. The van der Waals surface area contributed by atoms with Crippen LogP contribution in [0.25, 0.3) is 0 Å². The number of hydrogen-bond donors (Lipinski definition) is 3. The predicted molar refractivity (Wildman–Crippen MR) is 127 cm³/mol. The van der Waals surface area contributed by atoms with Crippen LogP contribution in [0.1, 0.15) is 135 Å². The highest BCUT2D eigenvalue weighted by molar-refractivity contribution is 5.86. The van der Waals surface area contributed by atoms with Crippen LogP contribution in [0, 0.1) is 0 Å². The van der Waals surface area contributed by atoms with Crippen LogP contribution in [0.3, 0.4) is 0 Å². The topological polar surface area (TPSA) is 109 Å². The Kier molecular flexibility index (Phi) is 20.5. The van der Waals surface area contributed by atoms with Crippen molar-refractivity contribution < 1.29 is 19.5 Å². The fourth-order valence-electron chi connectivity index (χ4n) is 3.83. The van der Waals surface area contributed by atoms with Crippen molar-refractivity contribution in [3.63, 3.8) is 0 Å². The first-order valence-corrected chi connectivity index (χ1v) is 12.8. The average Bonchev–Trinajstić information content (AvgIpc) is 2.72. The molecule has 0 saturated carbocycles. The Morgan fingerprint density at radius 3 is 1.48 bits per heavy atom. The van der Waals surface area contributed by atoms with Gasteiger partial charge in [-0.1, -0.05) is 103 Å². The first kappa shape index (κ1) is 29.4. The van der Waals surface area contributed by atoms with Crippen molar-refractivity contribution in [1.29, 1.82) is 0 Å². The number of unbranched alkanes of at least 4 members (excludes halogenated alkanes) is 15. The van der Waals surface area contributed by atoms with Gasteiger partial charge in [0.15, 0.2) is 0 Å². The Morgan fingerprint density at radius 2 is 1.10 bits per heavy atom. The van der Waals surface area contributed by atoms with Gasteiger partial charge in [-0.25, -0.2) is 0 Å². The minimum atomic E-state index is -0.683. The van der Waals surface area contributed by atoms with Gasteiger partial charge in [0.25, 0.3) is 0 Å². The molecule has 0 heterocycles. The third-order valence-electron chi connectivity index (χ3n) is 5.82. The zero-order chi connectivity index (χ0) is 23.2. The molecule has 6 heteroatoms. The van der Waals surface area contributed by atoms with Gasteiger partial charge in [-0.15, -0.1) is 0 Å². The van der Waals surface area contributed by atoms with Gasteiger partial charge in [-0.3, -0.25) is 14.4 Å². The molecular formula is C25H48N2O4. The molecule has 182 valence electrons. The lowest BCUT2D eigenvalue weighted by Crippen LogP contribution is -2.44. The Bertz CT molecular complexity index is 468. The van der Waals surface area contributed by atoms with Crippen molar-refractivity contribution in [1.82, 2.24) is 5.32 Å². The molecule has 2 amide bonds. The molecule has 0 bridgehead atoms. The van der Waals surface area contributed by atoms with E-state index in [2.05, 4.69) is 12.2 Å². The van der Waals surface area contributed by atoms with E-state index in [1.807, 2.05) is 0 Å². The molecule has 0 saturated heterocycles. The summed E-state index contributed by atoms with van der Waals surface area (Å²) >= 11 is 0. The number of carboxylic acid groups (broad SMARTS) is 1. The molecule has 6 nitrogen and oxygen atoms in total. The second-order valence-electron chi connectivity index (χ2n) is 8.86. The summed E-state index contributed by atoms with van der Waals surface area (Å²) in [5.74, 6) is -1.17. The van der Waals surface area contributed by atoms with E-state index in [1.165, 1.54) is 57.8 Å². The van der Waals surface area contributed by atoms with Crippen molar-refractivity contribution in [2.45, 2.75) is 141 Å².